The van der Waals surface area contributed by atoms with Crippen molar-refractivity contribution in [1.29, 1.82) is 0 Å². The summed E-state index contributed by atoms with van der Waals surface area (Å²) in [5.41, 5.74) is -2.20. The van der Waals surface area contributed by atoms with Gasteiger partial charge in [0.25, 0.3) is 17.4 Å². The average molecular weight is 458 g/mol. The third kappa shape index (κ3) is 3.75. The molecule has 0 radical (unpaired) electrons. The van der Waals surface area contributed by atoms with Crippen LogP contribution in [0.5, 0.6) is 0 Å². The quantitative estimate of drug-likeness (QED) is 0.561. The van der Waals surface area contributed by atoms with Crippen molar-refractivity contribution in [2.45, 2.75) is 32.6 Å². The van der Waals surface area contributed by atoms with Crippen LogP contribution in [0.25, 0.3) is 5.82 Å². The van der Waals surface area contributed by atoms with Gasteiger partial charge in [0, 0.05) is 18.4 Å². The number of fused-ring (bicyclic) bond motifs is 1. The third-order valence-electron chi connectivity index (χ3n) is 5.24. The van der Waals surface area contributed by atoms with Crippen molar-refractivity contribution >= 4 is 11.8 Å². The summed E-state index contributed by atoms with van der Waals surface area (Å²) in [5, 5.41) is 0. The Balaban J connectivity index is 1.81. The lowest BCUT2D eigenvalue weighted by molar-refractivity contribution is -0.137. The van der Waals surface area contributed by atoms with Gasteiger partial charge in [0.2, 0.25) is 0 Å². The number of imide groups is 1. The summed E-state index contributed by atoms with van der Waals surface area (Å²) in [5.74, 6) is -1.32. The standard InChI is InChI=1S/C22H17F3N4O4/c1-12(2)29-18(30)13(11-28-19(31)15-5-3-4-6-16(15)20(28)32)10-27(21(29)33)17-8-7-14(9-26-17)22(23,24)25/h3-10,12H,11H2,1-2H3. The maximum atomic E-state index is 13.0. The molecule has 1 aliphatic rings. The molecule has 33 heavy (non-hydrogen) atoms. The van der Waals surface area contributed by atoms with E-state index in [0.29, 0.717) is 6.20 Å². The molecule has 0 N–H and O–H groups in total. The number of carbonyl (C=O) groups excluding carboxylic acids is 2. The van der Waals surface area contributed by atoms with E-state index in [2.05, 4.69) is 4.98 Å². The molecule has 8 nitrogen and oxygen atoms in total. The highest BCUT2D eigenvalue weighted by molar-refractivity contribution is 6.21. The van der Waals surface area contributed by atoms with Crippen LogP contribution in [0.4, 0.5) is 13.2 Å². The summed E-state index contributed by atoms with van der Waals surface area (Å²) in [6, 6.07) is 7.37. The smallest absolute Gasteiger partial charge is 0.270 e. The van der Waals surface area contributed by atoms with E-state index >= 15 is 0 Å². The van der Waals surface area contributed by atoms with Gasteiger partial charge in [-0.15, -0.1) is 0 Å². The molecule has 0 aliphatic carbocycles. The predicted molar refractivity (Wildman–Crippen MR) is 110 cm³/mol. The molecule has 3 heterocycles. The first-order valence-electron chi connectivity index (χ1n) is 9.86. The number of hydrogen-bond donors (Lipinski definition) is 0. The summed E-state index contributed by atoms with van der Waals surface area (Å²) in [6.45, 7) is 2.75. The molecule has 0 spiro atoms. The van der Waals surface area contributed by atoms with E-state index in [0.717, 1.165) is 32.4 Å². The summed E-state index contributed by atoms with van der Waals surface area (Å²) in [7, 11) is 0. The first-order valence-corrected chi connectivity index (χ1v) is 9.86. The zero-order chi connectivity index (χ0) is 24.1. The average Bonchev–Trinajstić information content (AvgIpc) is 3.00. The highest BCUT2D eigenvalue weighted by atomic mass is 19.4. The lowest BCUT2D eigenvalue weighted by Gasteiger charge is -2.18. The largest absolute Gasteiger partial charge is 0.417 e. The van der Waals surface area contributed by atoms with Gasteiger partial charge in [-0.1, -0.05) is 12.1 Å². The Labute approximate surface area is 184 Å². The fourth-order valence-electron chi connectivity index (χ4n) is 3.60. The number of carbonyl (C=O) groups is 2. The summed E-state index contributed by atoms with van der Waals surface area (Å²) >= 11 is 0. The van der Waals surface area contributed by atoms with Crippen LogP contribution in [-0.2, 0) is 12.7 Å². The summed E-state index contributed by atoms with van der Waals surface area (Å²) < 4.78 is 40.5. The van der Waals surface area contributed by atoms with Crippen LogP contribution in [0, 0.1) is 0 Å². The first kappa shape index (κ1) is 22.2. The number of nitrogens with zero attached hydrogens (tertiary/aromatic N) is 4. The SMILES string of the molecule is CC(C)n1c(=O)c(CN2C(=O)c3ccccc3C2=O)cn(-c2ccc(C(F)(F)F)cn2)c1=O. The minimum Gasteiger partial charge on any atom is -0.270 e. The number of benzene rings is 1. The van der Waals surface area contributed by atoms with E-state index in [9.17, 15) is 32.3 Å². The molecule has 3 aromatic rings. The lowest BCUT2D eigenvalue weighted by Crippen LogP contribution is -2.43. The number of hydrogen-bond acceptors (Lipinski definition) is 5. The van der Waals surface area contributed by atoms with Crippen molar-refractivity contribution in [2.75, 3.05) is 0 Å². The molecular weight excluding hydrogens is 441 g/mol. The van der Waals surface area contributed by atoms with E-state index in [1.54, 1.807) is 26.0 Å². The summed E-state index contributed by atoms with van der Waals surface area (Å²) in [4.78, 5) is 56.0. The van der Waals surface area contributed by atoms with Crippen LogP contribution in [0.15, 0.2) is 58.4 Å². The molecular formula is C22H17F3N4O4. The normalized spacial score (nSPS) is 13.7. The van der Waals surface area contributed by atoms with E-state index < -0.39 is 47.4 Å². The Morgan fingerprint density at radius 2 is 1.55 bits per heavy atom. The minimum absolute atomic E-state index is 0.0699. The number of pyridine rings is 1. The van der Waals surface area contributed by atoms with E-state index in [1.165, 1.54) is 12.1 Å². The molecule has 0 saturated heterocycles. The minimum atomic E-state index is -4.61. The maximum Gasteiger partial charge on any atom is 0.417 e. The molecule has 0 saturated carbocycles. The predicted octanol–water partition coefficient (Wildman–Crippen LogP) is 2.79. The van der Waals surface area contributed by atoms with Gasteiger partial charge >= 0.3 is 11.9 Å². The van der Waals surface area contributed by atoms with Crippen molar-refractivity contribution in [2.24, 2.45) is 0 Å². The van der Waals surface area contributed by atoms with Crippen LogP contribution in [-0.4, -0.2) is 30.8 Å². The van der Waals surface area contributed by atoms with Gasteiger partial charge in [0.15, 0.2) is 0 Å². The Kier molecular flexibility index (Phi) is 5.27. The van der Waals surface area contributed by atoms with Crippen LogP contribution in [0.3, 0.4) is 0 Å². The number of aromatic nitrogens is 3. The molecule has 4 rings (SSSR count). The van der Waals surface area contributed by atoms with Crippen molar-refractivity contribution in [3.63, 3.8) is 0 Å². The molecule has 2 amide bonds. The molecule has 11 heteroatoms. The maximum absolute atomic E-state index is 13.0. The molecule has 1 aromatic carbocycles. The van der Waals surface area contributed by atoms with Gasteiger partial charge in [0.05, 0.1) is 28.8 Å². The van der Waals surface area contributed by atoms with Gasteiger partial charge in [-0.05, 0) is 38.1 Å². The van der Waals surface area contributed by atoms with Crippen LogP contribution in [0.2, 0.25) is 0 Å². The van der Waals surface area contributed by atoms with Crippen LogP contribution >= 0.6 is 0 Å². The Morgan fingerprint density at radius 3 is 2.03 bits per heavy atom. The van der Waals surface area contributed by atoms with Gasteiger partial charge in [0.1, 0.15) is 5.82 Å². The van der Waals surface area contributed by atoms with Crippen molar-refractivity contribution in [1.82, 2.24) is 19.0 Å². The second kappa shape index (κ2) is 7.84. The second-order valence-electron chi connectivity index (χ2n) is 7.72. The fourth-order valence-corrected chi connectivity index (χ4v) is 3.60. The monoisotopic (exact) mass is 458 g/mol. The number of alkyl halides is 3. The molecule has 0 fully saturated rings. The van der Waals surface area contributed by atoms with Gasteiger partial charge in [-0.2, -0.15) is 13.2 Å². The number of rotatable bonds is 4. The number of amides is 2. The van der Waals surface area contributed by atoms with Crippen molar-refractivity contribution in [3.8, 4) is 5.82 Å². The van der Waals surface area contributed by atoms with E-state index in [4.69, 9.17) is 0 Å². The summed E-state index contributed by atoms with van der Waals surface area (Å²) in [6.07, 6.45) is -2.93. The molecule has 1 aliphatic heterocycles. The van der Waals surface area contributed by atoms with E-state index in [-0.39, 0.29) is 22.5 Å². The Hall–Kier alpha value is -4.02. The number of halogens is 3. The molecule has 0 atom stereocenters. The highest BCUT2D eigenvalue weighted by Gasteiger charge is 2.36. The van der Waals surface area contributed by atoms with Crippen molar-refractivity contribution in [3.05, 3.63) is 91.9 Å². The Bertz CT molecular complexity index is 1350. The fraction of sp³-hybridized carbons (Fsp3) is 0.227. The third-order valence-corrected chi connectivity index (χ3v) is 5.24. The van der Waals surface area contributed by atoms with Crippen LogP contribution in [0.1, 0.15) is 51.7 Å². The topological polar surface area (TPSA) is 94.3 Å². The van der Waals surface area contributed by atoms with E-state index in [1.807, 2.05) is 0 Å². The Morgan fingerprint density at radius 1 is 0.939 bits per heavy atom. The highest BCUT2D eigenvalue weighted by Crippen LogP contribution is 2.28. The second-order valence-corrected chi connectivity index (χ2v) is 7.72. The zero-order valence-electron chi connectivity index (χ0n) is 17.5. The van der Waals surface area contributed by atoms with Gasteiger partial charge in [-0.25, -0.2) is 9.78 Å². The first-order chi connectivity index (χ1) is 15.5. The molecule has 2 aromatic heterocycles. The molecule has 170 valence electrons. The van der Waals surface area contributed by atoms with Crippen LogP contribution < -0.4 is 11.2 Å². The molecule has 0 unspecified atom stereocenters. The molecule has 0 bridgehead atoms. The lowest BCUT2D eigenvalue weighted by atomic mass is 10.1. The van der Waals surface area contributed by atoms with Gasteiger partial charge in [-0.3, -0.25) is 28.4 Å². The zero-order valence-corrected chi connectivity index (χ0v) is 17.5. The van der Waals surface area contributed by atoms with Crippen molar-refractivity contribution < 1.29 is 22.8 Å². The van der Waals surface area contributed by atoms with Gasteiger partial charge < -0.3 is 0 Å².